The van der Waals surface area contributed by atoms with Gasteiger partial charge in [-0.1, -0.05) is 30.3 Å². The minimum absolute atomic E-state index is 0.0381. The van der Waals surface area contributed by atoms with Crippen molar-refractivity contribution in [1.29, 1.82) is 0 Å². The van der Waals surface area contributed by atoms with E-state index in [1.807, 2.05) is 38.1 Å². The van der Waals surface area contributed by atoms with Gasteiger partial charge in [-0.3, -0.25) is 4.79 Å². The summed E-state index contributed by atoms with van der Waals surface area (Å²) in [6, 6.07) is 12.3. The summed E-state index contributed by atoms with van der Waals surface area (Å²) in [6.07, 6.45) is 4.80. The minimum Gasteiger partial charge on any atom is -0.491 e. The lowest BCUT2D eigenvalue weighted by Gasteiger charge is -2.28. The van der Waals surface area contributed by atoms with Gasteiger partial charge in [-0.25, -0.2) is 15.0 Å². The maximum Gasteiger partial charge on any atom is 0.219 e. The van der Waals surface area contributed by atoms with Crippen LogP contribution in [-0.4, -0.2) is 80.4 Å². The quantitative estimate of drug-likeness (QED) is 0.300. The molecule has 10 heteroatoms. The molecule has 2 atom stereocenters. The summed E-state index contributed by atoms with van der Waals surface area (Å²) in [5.74, 6) is 1.60. The summed E-state index contributed by atoms with van der Waals surface area (Å²) in [5, 5.41) is 11.8. The highest BCUT2D eigenvalue weighted by Crippen LogP contribution is 2.32. The number of aliphatic hydroxyl groups excluding tert-OH is 1. The molecule has 1 amide bonds. The number of nitrogens with one attached hydrogen (secondary N) is 1. The molecule has 1 unspecified atom stereocenters. The number of aromatic nitrogens is 4. The number of carbonyl (C=O) groups excluding carboxylic acids is 1. The lowest BCUT2D eigenvalue weighted by atomic mass is 10.0. The first-order valence-electron chi connectivity index (χ1n) is 13.5. The number of carbonyl (C=O) groups is 1. The molecule has 1 fully saturated rings. The number of H-pyrrole nitrogens is 1. The van der Waals surface area contributed by atoms with Crippen molar-refractivity contribution in [3.8, 4) is 5.75 Å². The topological polar surface area (TPSA) is 117 Å². The summed E-state index contributed by atoms with van der Waals surface area (Å²) in [4.78, 5) is 32.7. The molecule has 2 N–H and O–H groups in total. The molecule has 5 rings (SSSR count). The van der Waals surface area contributed by atoms with Crippen molar-refractivity contribution in [2.75, 3.05) is 31.2 Å². The van der Waals surface area contributed by atoms with Gasteiger partial charge in [0.25, 0.3) is 0 Å². The van der Waals surface area contributed by atoms with Crippen LogP contribution in [0.25, 0.3) is 21.9 Å². The predicted molar refractivity (Wildman–Crippen MR) is 150 cm³/mol. The smallest absolute Gasteiger partial charge is 0.219 e. The molecule has 39 heavy (non-hydrogen) atoms. The third kappa shape index (κ3) is 5.97. The van der Waals surface area contributed by atoms with E-state index in [9.17, 15) is 9.90 Å². The Hall–Kier alpha value is -3.76. The Morgan fingerprint density at radius 1 is 1.18 bits per heavy atom. The Morgan fingerprint density at radius 3 is 2.77 bits per heavy atom. The first kappa shape index (κ1) is 26.8. The standard InChI is InChI=1S/C29H36N6O4/c1-19(2)39-23(15-36)14-34(20(3)37)13-21-10-11-26(25-9-5-4-8-24(21)25)38-16-22-7-6-12-35(22)29-27-28(31-17-30-27)32-18-33-29/h4-5,8-11,17-19,22-23,36H,6-7,12-16H2,1-3H3,(H,30,31,32,33)/t22-,23?/m1/s1. The molecule has 4 aromatic rings. The summed E-state index contributed by atoms with van der Waals surface area (Å²) in [5.41, 5.74) is 2.52. The number of hydrogen-bond acceptors (Lipinski definition) is 8. The summed E-state index contributed by atoms with van der Waals surface area (Å²) >= 11 is 0. The largest absolute Gasteiger partial charge is 0.491 e. The monoisotopic (exact) mass is 532 g/mol. The molecule has 1 aliphatic heterocycles. The van der Waals surface area contributed by atoms with Crippen LogP contribution in [0.5, 0.6) is 5.75 Å². The molecule has 3 heterocycles. The van der Waals surface area contributed by atoms with Crippen molar-refractivity contribution in [2.45, 2.75) is 58.4 Å². The summed E-state index contributed by atoms with van der Waals surface area (Å²) in [6.45, 7) is 7.40. The number of ether oxygens (including phenoxy) is 2. The zero-order chi connectivity index (χ0) is 27.4. The van der Waals surface area contributed by atoms with E-state index < -0.39 is 6.10 Å². The molecule has 1 saturated heterocycles. The maximum atomic E-state index is 12.5. The zero-order valence-electron chi connectivity index (χ0n) is 22.7. The van der Waals surface area contributed by atoms with Crippen LogP contribution >= 0.6 is 0 Å². The number of fused-ring (bicyclic) bond motifs is 2. The third-order valence-corrected chi connectivity index (χ3v) is 7.16. The molecule has 0 aliphatic carbocycles. The Bertz CT molecular complexity index is 1420. The van der Waals surface area contributed by atoms with E-state index in [2.05, 4.69) is 37.0 Å². The first-order valence-corrected chi connectivity index (χ1v) is 13.5. The highest BCUT2D eigenvalue weighted by molar-refractivity contribution is 5.91. The predicted octanol–water partition coefficient (Wildman–Crippen LogP) is 3.69. The lowest BCUT2D eigenvalue weighted by molar-refractivity contribution is -0.133. The summed E-state index contributed by atoms with van der Waals surface area (Å²) < 4.78 is 12.2. The fourth-order valence-electron chi connectivity index (χ4n) is 5.33. The van der Waals surface area contributed by atoms with Gasteiger partial charge in [-0.2, -0.15) is 0 Å². The van der Waals surface area contributed by atoms with Gasteiger partial charge in [0.1, 0.15) is 24.2 Å². The number of nitrogens with zero attached hydrogens (tertiary/aromatic N) is 5. The second kappa shape index (κ2) is 12.0. The molecule has 0 radical (unpaired) electrons. The van der Waals surface area contributed by atoms with Crippen LogP contribution in [-0.2, 0) is 16.1 Å². The van der Waals surface area contributed by atoms with Gasteiger partial charge < -0.3 is 29.4 Å². The SMILES string of the molecule is CC(=O)N(Cc1ccc(OC[C@H]2CCCN2c2ncnc3nc[nH]c23)c2ccccc12)CC(CO)OC(C)C. The van der Waals surface area contributed by atoms with E-state index in [4.69, 9.17) is 9.47 Å². The molecular formula is C29H36N6O4. The Morgan fingerprint density at radius 2 is 2.00 bits per heavy atom. The van der Waals surface area contributed by atoms with Crippen LogP contribution in [0.4, 0.5) is 5.82 Å². The van der Waals surface area contributed by atoms with Crippen LogP contribution in [0.1, 0.15) is 39.2 Å². The van der Waals surface area contributed by atoms with Gasteiger partial charge in [0.05, 0.1) is 31.2 Å². The van der Waals surface area contributed by atoms with E-state index in [0.717, 1.165) is 52.8 Å². The van der Waals surface area contributed by atoms with Crippen molar-refractivity contribution in [2.24, 2.45) is 0 Å². The number of aliphatic hydroxyl groups is 1. The number of anilines is 1. The van der Waals surface area contributed by atoms with Gasteiger partial charge in [-0.15, -0.1) is 0 Å². The second-order valence-electron chi connectivity index (χ2n) is 10.3. The van der Waals surface area contributed by atoms with Crippen molar-refractivity contribution in [3.05, 3.63) is 54.6 Å². The van der Waals surface area contributed by atoms with E-state index in [1.54, 1.807) is 24.5 Å². The van der Waals surface area contributed by atoms with Crippen LogP contribution < -0.4 is 9.64 Å². The zero-order valence-corrected chi connectivity index (χ0v) is 22.7. The fraction of sp³-hybridized carbons (Fsp3) is 0.448. The Balaban J connectivity index is 1.34. The Kier molecular flexibility index (Phi) is 8.23. The number of imidazole rings is 1. The number of rotatable bonds is 11. The lowest BCUT2D eigenvalue weighted by Crippen LogP contribution is -2.39. The maximum absolute atomic E-state index is 12.5. The van der Waals surface area contributed by atoms with Crippen LogP contribution in [0, 0.1) is 0 Å². The van der Waals surface area contributed by atoms with Gasteiger partial charge in [0.15, 0.2) is 11.5 Å². The molecule has 10 nitrogen and oxygen atoms in total. The number of amides is 1. The van der Waals surface area contributed by atoms with Crippen molar-refractivity contribution >= 4 is 33.7 Å². The minimum atomic E-state index is -0.435. The molecule has 2 aromatic heterocycles. The molecule has 0 bridgehead atoms. The molecule has 0 saturated carbocycles. The normalized spacial score (nSPS) is 16.3. The second-order valence-corrected chi connectivity index (χ2v) is 10.3. The van der Waals surface area contributed by atoms with Crippen LogP contribution in [0.3, 0.4) is 0 Å². The molecule has 1 aliphatic rings. The van der Waals surface area contributed by atoms with Crippen molar-refractivity contribution < 1.29 is 19.4 Å². The number of benzene rings is 2. The van der Waals surface area contributed by atoms with Gasteiger partial charge in [0.2, 0.25) is 5.91 Å². The fourth-order valence-corrected chi connectivity index (χ4v) is 5.33. The average molecular weight is 533 g/mol. The van der Waals surface area contributed by atoms with Crippen LogP contribution in [0.15, 0.2) is 49.1 Å². The average Bonchev–Trinajstić information content (AvgIpc) is 3.61. The number of aromatic amines is 1. The van der Waals surface area contributed by atoms with Crippen molar-refractivity contribution in [1.82, 2.24) is 24.8 Å². The summed E-state index contributed by atoms with van der Waals surface area (Å²) in [7, 11) is 0. The van der Waals surface area contributed by atoms with Crippen LogP contribution in [0.2, 0.25) is 0 Å². The van der Waals surface area contributed by atoms with E-state index in [-0.39, 0.29) is 24.7 Å². The van der Waals surface area contributed by atoms with E-state index in [1.165, 1.54) is 0 Å². The number of hydrogen-bond donors (Lipinski definition) is 2. The van der Waals surface area contributed by atoms with E-state index in [0.29, 0.717) is 25.3 Å². The molecule has 2 aromatic carbocycles. The highest BCUT2D eigenvalue weighted by atomic mass is 16.5. The third-order valence-electron chi connectivity index (χ3n) is 7.16. The molecule has 206 valence electrons. The Labute approximate surface area is 228 Å². The van der Waals surface area contributed by atoms with Crippen molar-refractivity contribution in [3.63, 3.8) is 0 Å². The van der Waals surface area contributed by atoms with E-state index >= 15 is 0 Å². The van der Waals surface area contributed by atoms with Gasteiger partial charge >= 0.3 is 0 Å². The highest BCUT2D eigenvalue weighted by Gasteiger charge is 2.28. The molecular weight excluding hydrogens is 496 g/mol. The molecule has 0 spiro atoms. The van der Waals surface area contributed by atoms with Gasteiger partial charge in [-0.05, 0) is 43.7 Å². The van der Waals surface area contributed by atoms with Gasteiger partial charge in [0, 0.05) is 31.9 Å². The first-order chi connectivity index (χ1) is 18.9.